The van der Waals surface area contributed by atoms with Crippen LogP contribution in [0.3, 0.4) is 0 Å². The molecular weight excluding hydrogens is 905 g/mol. The molecule has 0 radical (unpaired) electrons. The summed E-state index contributed by atoms with van der Waals surface area (Å²) in [6.45, 7) is 0. The molecule has 0 amide bonds. The zero-order chi connectivity index (χ0) is 49.5. The lowest BCUT2D eigenvalue weighted by atomic mass is 9.70. The highest BCUT2D eigenvalue weighted by Gasteiger charge is 2.51. The molecule has 0 saturated heterocycles. The van der Waals surface area contributed by atoms with Crippen LogP contribution in [0.25, 0.3) is 94.3 Å². The molecular formula is C73H48N2. The number of rotatable bonds is 8. The molecule has 75 heavy (non-hydrogen) atoms. The van der Waals surface area contributed by atoms with Crippen molar-refractivity contribution in [2.75, 3.05) is 4.90 Å². The fraction of sp³-hybridized carbons (Fsp3) is 0.0137. The number of fused-ring (bicyclic) bond motifs is 13. The van der Waals surface area contributed by atoms with Crippen LogP contribution in [-0.2, 0) is 5.41 Å². The third-order valence-electron chi connectivity index (χ3n) is 16.0. The molecule has 2 nitrogen and oxygen atoms in total. The number of benzene rings is 12. The van der Waals surface area contributed by atoms with Gasteiger partial charge in [0.05, 0.1) is 16.4 Å². The number of hydrogen-bond donors (Lipinski definition) is 0. The summed E-state index contributed by atoms with van der Waals surface area (Å²) < 4.78 is 2.39. The van der Waals surface area contributed by atoms with E-state index in [9.17, 15) is 0 Å². The third kappa shape index (κ3) is 6.73. The van der Waals surface area contributed by atoms with E-state index < -0.39 is 5.41 Å². The second-order valence-corrected chi connectivity index (χ2v) is 20.0. The SMILES string of the molecule is c1ccc(-c2ccc(N(c3ccc(-c4ccc5c(c4)-c4ccccc4C54c5ccccc5-c5cc(-c6ccccc6)ccc54)cc3)c3ccc(-c4ccc5c6ccccc6n(-c6ccccc6)c5c4)cc3)cc2)cc1. The van der Waals surface area contributed by atoms with Gasteiger partial charge in [-0.15, -0.1) is 0 Å². The number of nitrogens with zero attached hydrogens (tertiary/aromatic N) is 2. The van der Waals surface area contributed by atoms with Crippen LogP contribution < -0.4 is 4.90 Å². The molecule has 1 atom stereocenters. The Morgan fingerprint density at radius 3 is 1.13 bits per heavy atom. The van der Waals surface area contributed by atoms with Crippen molar-refractivity contribution in [2.45, 2.75) is 5.41 Å². The largest absolute Gasteiger partial charge is 0.311 e. The van der Waals surface area contributed by atoms with E-state index in [1.165, 1.54) is 111 Å². The van der Waals surface area contributed by atoms with E-state index in [0.29, 0.717) is 0 Å². The van der Waals surface area contributed by atoms with Crippen molar-refractivity contribution in [3.05, 3.63) is 313 Å². The Hall–Kier alpha value is -9.76. The van der Waals surface area contributed by atoms with Gasteiger partial charge in [0.2, 0.25) is 0 Å². The third-order valence-corrected chi connectivity index (χ3v) is 16.0. The van der Waals surface area contributed by atoms with E-state index in [0.717, 1.165) is 22.7 Å². The quantitative estimate of drug-likeness (QED) is 0.147. The average molecular weight is 953 g/mol. The summed E-state index contributed by atoms with van der Waals surface area (Å²) in [4.78, 5) is 2.37. The van der Waals surface area contributed by atoms with Crippen LogP contribution in [-0.4, -0.2) is 4.57 Å². The standard InChI is InChI=1S/C73H48N2/c1-4-16-49(17-5-1)51-28-37-58(38-29-51)74(60-41-32-53(33-42-60)56-34-43-64-63-24-12-15-27-71(63)75(72(64)48-56)57-20-8-3-9-21-57)59-39-30-52(31-40-59)55-36-45-70-66(47-55)62-23-11-14-26-68(62)73(70)67-25-13-10-22-61(67)65-46-54(35-44-69(65)73)50-18-6-2-7-19-50/h1-48H. The van der Waals surface area contributed by atoms with Crippen LogP contribution in [0.1, 0.15) is 22.3 Å². The minimum absolute atomic E-state index is 0.406. The molecule has 2 aliphatic carbocycles. The highest BCUT2D eigenvalue weighted by molar-refractivity contribution is 6.10. The molecule has 350 valence electrons. The number of anilines is 3. The van der Waals surface area contributed by atoms with Crippen molar-refractivity contribution in [3.8, 4) is 72.4 Å². The molecule has 0 fully saturated rings. The molecule has 13 aromatic rings. The Bertz CT molecular complexity index is 4310. The molecule has 2 aliphatic rings. The summed E-state index contributed by atoms with van der Waals surface area (Å²) in [5, 5.41) is 2.51. The monoisotopic (exact) mass is 952 g/mol. The predicted molar refractivity (Wildman–Crippen MR) is 314 cm³/mol. The second kappa shape index (κ2) is 17.2. The highest BCUT2D eigenvalue weighted by atomic mass is 15.1. The Morgan fingerprint density at radius 2 is 0.600 bits per heavy atom. The van der Waals surface area contributed by atoms with Gasteiger partial charge in [0.15, 0.2) is 0 Å². The zero-order valence-electron chi connectivity index (χ0n) is 41.1. The number of hydrogen-bond acceptors (Lipinski definition) is 1. The Labute approximate surface area is 437 Å². The molecule has 0 aliphatic heterocycles. The van der Waals surface area contributed by atoms with Crippen LogP contribution in [0.5, 0.6) is 0 Å². The van der Waals surface area contributed by atoms with Crippen molar-refractivity contribution in [1.29, 1.82) is 0 Å². The van der Waals surface area contributed by atoms with Gasteiger partial charge in [-0.25, -0.2) is 0 Å². The van der Waals surface area contributed by atoms with E-state index in [4.69, 9.17) is 0 Å². The Balaban J connectivity index is 0.806. The van der Waals surface area contributed by atoms with Gasteiger partial charge in [-0.1, -0.05) is 218 Å². The molecule has 0 bridgehead atoms. The minimum atomic E-state index is -0.406. The second-order valence-electron chi connectivity index (χ2n) is 20.0. The van der Waals surface area contributed by atoms with E-state index in [2.05, 4.69) is 301 Å². The van der Waals surface area contributed by atoms with Crippen LogP contribution in [0, 0.1) is 0 Å². The average Bonchev–Trinajstić information content (AvgIpc) is 4.20. The Kier molecular flexibility index (Phi) is 9.83. The van der Waals surface area contributed by atoms with Gasteiger partial charge in [0.25, 0.3) is 0 Å². The normalized spacial score (nSPS) is 13.9. The zero-order valence-corrected chi connectivity index (χ0v) is 41.1. The Morgan fingerprint density at radius 1 is 0.240 bits per heavy atom. The van der Waals surface area contributed by atoms with Crippen molar-refractivity contribution in [1.82, 2.24) is 4.57 Å². The van der Waals surface area contributed by atoms with Gasteiger partial charge in [0.1, 0.15) is 0 Å². The molecule has 0 N–H and O–H groups in total. The molecule has 2 heteroatoms. The molecule has 15 rings (SSSR count). The minimum Gasteiger partial charge on any atom is -0.311 e. The molecule has 1 unspecified atom stereocenters. The first-order valence-corrected chi connectivity index (χ1v) is 26.0. The van der Waals surface area contributed by atoms with E-state index in [-0.39, 0.29) is 0 Å². The van der Waals surface area contributed by atoms with Gasteiger partial charge in [0, 0.05) is 33.5 Å². The van der Waals surface area contributed by atoms with Gasteiger partial charge in [-0.05, 0) is 162 Å². The highest BCUT2D eigenvalue weighted by Crippen LogP contribution is 2.63. The molecule has 12 aromatic carbocycles. The first-order valence-electron chi connectivity index (χ1n) is 26.0. The summed E-state index contributed by atoms with van der Waals surface area (Å²) in [6, 6.07) is 107. The smallest absolute Gasteiger partial charge is 0.0725 e. The van der Waals surface area contributed by atoms with Crippen molar-refractivity contribution in [3.63, 3.8) is 0 Å². The van der Waals surface area contributed by atoms with Crippen molar-refractivity contribution in [2.24, 2.45) is 0 Å². The summed E-state index contributed by atoms with van der Waals surface area (Å²) in [7, 11) is 0. The summed E-state index contributed by atoms with van der Waals surface area (Å²) in [6.07, 6.45) is 0. The van der Waals surface area contributed by atoms with Gasteiger partial charge >= 0.3 is 0 Å². The lowest BCUT2D eigenvalue weighted by Crippen LogP contribution is -2.25. The molecule has 1 aromatic heterocycles. The fourth-order valence-corrected chi connectivity index (χ4v) is 12.6. The first kappa shape index (κ1) is 42.9. The summed E-state index contributed by atoms with van der Waals surface area (Å²) >= 11 is 0. The summed E-state index contributed by atoms with van der Waals surface area (Å²) in [5.74, 6) is 0. The van der Waals surface area contributed by atoms with E-state index >= 15 is 0 Å². The lowest BCUT2D eigenvalue weighted by molar-refractivity contribution is 0.794. The predicted octanol–water partition coefficient (Wildman–Crippen LogP) is 19.3. The van der Waals surface area contributed by atoms with Crippen LogP contribution in [0.4, 0.5) is 17.1 Å². The van der Waals surface area contributed by atoms with Crippen LogP contribution in [0.2, 0.25) is 0 Å². The van der Waals surface area contributed by atoms with Gasteiger partial charge in [-0.3, -0.25) is 0 Å². The maximum atomic E-state index is 2.44. The van der Waals surface area contributed by atoms with Gasteiger partial charge < -0.3 is 9.47 Å². The van der Waals surface area contributed by atoms with Crippen LogP contribution in [0.15, 0.2) is 291 Å². The maximum Gasteiger partial charge on any atom is 0.0725 e. The molecule has 1 spiro atoms. The van der Waals surface area contributed by atoms with Crippen molar-refractivity contribution >= 4 is 38.9 Å². The summed E-state index contributed by atoms with van der Waals surface area (Å²) in [5.41, 5.74) is 26.6. The fourth-order valence-electron chi connectivity index (χ4n) is 12.6. The maximum absolute atomic E-state index is 2.44. The lowest BCUT2D eigenvalue weighted by Gasteiger charge is -2.30. The molecule has 0 saturated carbocycles. The van der Waals surface area contributed by atoms with Crippen LogP contribution >= 0.6 is 0 Å². The van der Waals surface area contributed by atoms with Crippen molar-refractivity contribution < 1.29 is 0 Å². The molecule has 1 heterocycles. The number of para-hydroxylation sites is 2. The first-order chi connectivity index (χ1) is 37.2. The van der Waals surface area contributed by atoms with E-state index in [1.54, 1.807) is 0 Å². The topological polar surface area (TPSA) is 8.17 Å². The number of aromatic nitrogens is 1. The van der Waals surface area contributed by atoms with Gasteiger partial charge in [-0.2, -0.15) is 0 Å². The van der Waals surface area contributed by atoms with E-state index in [1.807, 2.05) is 0 Å².